The lowest BCUT2D eigenvalue weighted by atomic mass is 10.0. The highest BCUT2D eigenvalue weighted by molar-refractivity contribution is 6.31. The Kier molecular flexibility index (Phi) is 5.04. The number of rotatable bonds is 5. The predicted octanol–water partition coefficient (Wildman–Crippen LogP) is 3.91. The zero-order chi connectivity index (χ0) is 14.5. The van der Waals surface area contributed by atoms with Crippen LogP contribution >= 0.6 is 11.6 Å². The molecule has 0 bridgehead atoms. The molecule has 1 N–H and O–H groups in total. The van der Waals surface area contributed by atoms with E-state index in [2.05, 4.69) is 10.3 Å². The summed E-state index contributed by atoms with van der Waals surface area (Å²) in [6, 6.07) is 6.84. The number of likely N-dealkylation sites (N-methyl/N-ethyl adjacent to an activating group) is 1. The number of nitrogens with one attached hydrogen (secondary N) is 1. The van der Waals surface area contributed by atoms with Crippen LogP contribution in [0.1, 0.15) is 24.2 Å². The minimum Gasteiger partial charge on any atom is -0.309 e. The highest BCUT2D eigenvalue weighted by Gasteiger charge is 2.18. The summed E-state index contributed by atoms with van der Waals surface area (Å²) in [7, 11) is 0. The van der Waals surface area contributed by atoms with Crippen LogP contribution < -0.4 is 5.32 Å². The molecule has 0 spiro atoms. The topological polar surface area (TPSA) is 24.9 Å². The van der Waals surface area contributed by atoms with Gasteiger partial charge in [0.15, 0.2) is 0 Å². The Morgan fingerprint density at radius 1 is 1.30 bits per heavy atom. The van der Waals surface area contributed by atoms with Gasteiger partial charge in [-0.25, -0.2) is 8.78 Å². The first-order valence-corrected chi connectivity index (χ1v) is 6.77. The van der Waals surface area contributed by atoms with Crippen LogP contribution in [-0.4, -0.2) is 11.5 Å². The molecule has 0 saturated carbocycles. The molecule has 1 heterocycles. The first-order valence-electron chi connectivity index (χ1n) is 6.39. The molecule has 0 radical (unpaired) electrons. The summed E-state index contributed by atoms with van der Waals surface area (Å²) in [5, 5.41) is 3.51. The monoisotopic (exact) mass is 296 g/mol. The van der Waals surface area contributed by atoms with E-state index in [-0.39, 0.29) is 17.7 Å². The van der Waals surface area contributed by atoms with Gasteiger partial charge in [0.2, 0.25) is 0 Å². The number of benzene rings is 1. The third-order valence-corrected chi connectivity index (χ3v) is 3.36. The Balaban J connectivity index is 2.28. The zero-order valence-corrected chi connectivity index (χ0v) is 11.8. The van der Waals surface area contributed by atoms with Crippen LogP contribution in [-0.2, 0) is 6.42 Å². The maximum Gasteiger partial charge on any atom is 0.146 e. The standard InChI is InChI=1S/C15H15ClF2N2/c1-2-19-14(15-13(18)4-3-7-20-15)8-10-5-6-11(17)9-12(10)16/h3-7,9,14,19H,2,8H2,1H3. The third-order valence-electron chi connectivity index (χ3n) is 3.01. The molecule has 20 heavy (non-hydrogen) atoms. The minimum atomic E-state index is -0.386. The smallest absolute Gasteiger partial charge is 0.146 e. The molecule has 0 fully saturated rings. The van der Waals surface area contributed by atoms with Gasteiger partial charge >= 0.3 is 0 Å². The molecule has 0 aliphatic rings. The largest absolute Gasteiger partial charge is 0.309 e. The lowest BCUT2D eigenvalue weighted by molar-refractivity contribution is 0.494. The molecule has 0 amide bonds. The molecule has 2 nitrogen and oxygen atoms in total. The summed E-state index contributed by atoms with van der Waals surface area (Å²) in [5.41, 5.74) is 1.10. The van der Waals surface area contributed by atoms with E-state index in [0.29, 0.717) is 23.7 Å². The van der Waals surface area contributed by atoms with Crippen molar-refractivity contribution in [2.75, 3.05) is 6.54 Å². The van der Waals surface area contributed by atoms with Gasteiger partial charge in [0.1, 0.15) is 11.6 Å². The molecule has 2 rings (SSSR count). The lowest BCUT2D eigenvalue weighted by Crippen LogP contribution is -2.25. The van der Waals surface area contributed by atoms with Gasteiger partial charge in [-0.05, 0) is 42.8 Å². The highest BCUT2D eigenvalue weighted by atomic mass is 35.5. The Bertz CT molecular complexity index is 590. The van der Waals surface area contributed by atoms with Gasteiger partial charge in [0, 0.05) is 11.2 Å². The van der Waals surface area contributed by atoms with Gasteiger partial charge in [-0.2, -0.15) is 0 Å². The van der Waals surface area contributed by atoms with Crippen molar-refractivity contribution in [3.05, 3.63) is 64.4 Å². The molecule has 1 atom stereocenters. The SMILES string of the molecule is CCNC(Cc1ccc(F)cc1Cl)c1ncccc1F. The molecule has 2 aromatic rings. The number of hydrogen-bond acceptors (Lipinski definition) is 2. The molecule has 5 heteroatoms. The fraction of sp³-hybridized carbons (Fsp3) is 0.267. The van der Waals surface area contributed by atoms with E-state index in [4.69, 9.17) is 11.6 Å². The van der Waals surface area contributed by atoms with E-state index in [9.17, 15) is 8.78 Å². The van der Waals surface area contributed by atoms with Gasteiger partial charge in [-0.3, -0.25) is 4.98 Å². The first kappa shape index (κ1) is 14.9. The molecule has 1 aromatic carbocycles. The first-order chi connectivity index (χ1) is 9.61. The van der Waals surface area contributed by atoms with Gasteiger partial charge in [0.05, 0.1) is 11.7 Å². The Morgan fingerprint density at radius 3 is 2.75 bits per heavy atom. The molecule has 1 aromatic heterocycles. The minimum absolute atomic E-state index is 0.302. The second-order valence-corrected chi connectivity index (χ2v) is 4.83. The van der Waals surface area contributed by atoms with Crippen molar-refractivity contribution >= 4 is 11.6 Å². The zero-order valence-electron chi connectivity index (χ0n) is 11.0. The number of aromatic nitrogens is 1. The fourth-order valence-corrected chi connectivity index (χ4v) is 2.32. The van der Waals surface area contributed by atoms with Gasteiger partial charge < -0.3 is 5.32 Å². The maximum absolute atomic E-state index is 13.8. The Morgan fingerprint density at radius 2 is 2.10 bits per heavy atom. The van der Waals surface area contributed by atoms with Crippen molar-refractivity contribution in [2.45, 2.75) is 19.4 Å². The molecule has 106 valence electrons. The second kappa shape index (κ2) is 6.77. The summed E-state index contributed by atoms with van der Waals surface area (Å²) in [5.74, 6) is -0.751. The van der Waals surface area contributed by atoms with Crippen molar-refractivity contribution in [3.8, 4) is 0 Å². The third kappa shape index (κ3) is 3.52. The molecule has 0 saturated heterocycles. The van der Waals surface area contributed by atoms with Crippen LogP contribution in [0.3, 0.4) is 0 Å². The van der Waals surface area contributed by atoms with Crippen molar-refractivity contribution in [3.63, 3.8) is 0 Å². The van der Waals surface area contributed by atoms with E-state index in [0.717, 1.165) is 5.56 Å². The van der Waals surface area contributed by atoms with E-state index in [1.54, 1.807) is 18.3 Å². The van der Waals surface area contributed by atoms with Crippen LogP contribution in [0.5, 0.6) is 0 Å². The van der Waals surface area contributed by atoms with Crippen LogP contribution in [0, 0.1) is 11.6 Å². The maximum atomic E-state index is 13.8. The van der Waals surface area contributed by atoms with E-state index >= 15 is 0 Å². The molecular formula is C15H15ClF2N2. The second-order valence-electron chi connectivity index (χ2n) is 4.42. The molecule has 1 unspecified atom stereocenters. The Labute approximate surface area is 121 Å². The van der Waals surface area contributed by atoms with Crippen molar-refractivity contribution in [2.24, 2.45) is 0 Å². The lowest BCUT2D eigenvalue weighted by Gasteiger charge is -2.18. The van der Waals surface area contributed by atoms with Crippen LogP contribution in [0.25, 0.3) is 0 Å². The van der Waals surface area contributed by atoms with Crippen molar-refractivity contribution < 1.29 is 8.78 Å². The van der Waals surface area contributed by atoms with Crippen molar-refractivity contribution in [1.82, 2.24) is 10.3 Å². The number of pyridine rings is 1. The van der Waals surface area contributed by atoms with Crippen molar-refractivity contribution in [1.29, 1.82) is 0 Å². The molecular weight excluding hydrogens is 282 g/mol. The van der Waals surface area contributed by atoms with Crippen LogP contribution in [0.15, 0.2) is 36.5 Å². The fourth-order valence-electron chi connectivity index (χ4n) is 2.07. The summed E-state index contributed by atoms with van der Waals surface area (Å²) in [6.45, 7) is 2.60. The normalized spacial score (nSPS) is 12.4. The average molecular weight is 297 g/mol. The van der Waals surface area contributed by atoms with Gasteiger partial charge in [0.25, 0.3) is 0 Å². The Hall–Kier alpha value is -1.52. The quantitative estimate of drug-likeness (QED) is 0.905. The van der Waals surface area contributed by atoms with Gasteiger partial charge in [-0.1, -0.05) is 24.6 Å². The number of halogens is 3. The van der Waals surface area contributed by atoms with Gasteiger partial charge in [-0.15, -0.1) is 0 Å². The summed E-state index contributed by atoms with van der Waals surface area (Å²) in [6.07, 6.45) is 2.00. The average Bonchev–Trinajstić information content (AvgIpc) is 2.42. The van der Waals surface area contributed by atoms with Crippen LogP contribution in [0.2, 0.25) is 5.02 Å². The molecule has 0 aliphatic carbocycles. The van der Waals surface area contributed by atoms with Crippen LogP contribution in [0.4, 0.5) is 8.78 Å². The summed E-state index contributed by atoms with van der Waals surface area (Å²) in [4.78, 5) is 4.09. The predicted molar refractivity (Wildman–Crippen MR) is 75.7 cm³/mol. The number of nitrogens with zero attached hydrogens (tertiary/aromatic N) is 1. The highest BCUT2D eigenvalue weighted by Crippen LogP contribution is 2.24. The number of hydrogen-bond donors (Lipinski definition) is 1. The van der Waals surface area contributed by atoms with E-state index in [1.165, 1.54) is 18.2 Å². The molecule has 0 aliphatic heterocycles. The van der Waals surface area contributed by atoms with E-state index in [1.807, 2.05) is 6.92 Å². The summed E-state index contributed by atoms with van der Waals surface area (Å²) >= 11 is 6.02. The summed E-state index contributed by atoms with van der Waals surface area (Å²) < 4.78 is 26.9. The van der Waals surface area contributed by atoms with E-state index < -0.39 is 0 Å².